The average Bonchev–Trinajstić information content (AvgIpc) is 2.44. The number of nitrogens with two attached hydrogens (primary N) is 1. The third-order valence-electron chi connectivity index (χ3n) is 3.97. The number of rotatable bonds is 5. The van der Waals surface area contributed by atoms with Crippen LogP contribution in [0.3, 0.4) is 0 Å². The average molecular weight is 311 g/mol. The Morgan fingerprint density at radius 1 is 1.35 bits per heavy atom. The molecule has 0 bridgehead atoms. The van der Waals surface area contributed by atoms with Crippen LogP contribution in [-0.4, -0.2) is 21.5 Å². The fourth-order valence-electron chi connectivity index (χ4n) is 2.63. The number of hydrazine groups is 1. The molecule has 4 unspecified atom stereocenters. The summed E-state index contributed by atoms with van der Waals surface area (Å²) in [6.07, 6.45) is 2.33. The first-order valence-corrected chi connectivity index (χ1v) is 9.47. The molecule has 1 heterocycles. The summed E-state index contributed by atoms with van der Waals surface area (Å²) in [4.78, 5) is 0. The first kappa shape index (κ1) is 16.2. The van der Waals surface area contributed by atoms with Crippen LogP contribution in [0.25, 0.3) is 0 Å². The topological polar surface area (TPSA) is 38.0 Å². The van der Waals surface area contributed by atoms with Gasteiger partial charge in [0.2, 0.25) is 0 Å². The van der Waals surface area contributed by atoms with Crippen molar-refractivity contribution in [1.29, 1.82) is 0 Å². The molecular weight excluding hydrogens is 284 g/mol. The van der Waals surface area contributed by atoms with Gasteiger partial charge in [0.15, 0.2) is 0 Å². The maximum atomic E-state index is 5.87. The molecule has 0 amide bonds. The van der Waals surface area contributed by atoms with Gasteiger partial charge in [-0.15, -0.1) is 0 Å². The minimum Gasteiger partial charge on any atom is -0.271 e. The molecule has 0 aromatic heterocycles. The third-order valence-corrected chi connectivity index (χ3v) is 7.47. The zero-order valence-electron chi connectivity index (χ0n) is 12.6. The van der Waals surface area contributed by atoms with E-state index in [4.69, 9.17) is 5.84 Å². The molecule has 1 aromatic rings. The van der Waals surface area contributed by atoms with Crippen LogP contribution >= 0.6 is 23.5 Å². The lowest BCUT2D eigenvalue weighted by atomic mass is 10.0. The summed E-state index contributed by atoms with van der Waals surface area (Å²) >= 11 is 4.15. The summed E-state index contributed by atoms with van der Waals surface area (Å²) in [6, 6.07) is 9.16. The number of hydrogen-bond donors (Lipinski definition) is 2. The van der Waals surface area contributed by atoms with Gasteiger partial charge < -0.3 is 0 Å². The fraction of sp³-hybridized carbons (Fsp3) is 0.625. The van der Waals surface area contributed by atoms with Crippen LogP contribution in [0.5, 0.6) is 0 Å². The van der Waals surface area contributed by atoms with E-state index in [0.29, 0.717) is 10.5 Å². The van der Waals surface area contributed by atoms with Crippen LogP contribution < -0.4 is 11.3 Å². The normalized spacial score (nSPS) is 28.3. The minimum absolute atomic E-state index is 0.249. The second-order valence-electron chi connectivity index (χ2n) is 5.56. The maximum Gasteiger partial charge on any atom is 0.0586 e. The molecule has 4 atom stereocenters. The monoisotopic (exact) mass is 310 g/mol. The van der Waals surface area contributed by atoms with Gasteiger partial charge in [0, 0.05) is 21.5 Å². The lowest BCUT2D eigenvalue weighted by Gasteiger charge is -2.36. The number of thioether (sulfide) groups is 2. The molecule has 20 heavy (non-hydrogen) atoms. The van der Waals surface area contributed by atoms with E-state index in [1.54, 1.807) is 0 Å². The summed E-state index contributed by atoms with van der Waals surface area (Å²) in [6.45, 7) is 6.88. The zero-order valence-corrected chi connectivity index (χ0v) is 14.3. The van der Waals surface area contributed by atoms with E-state index in [0.717, 1.165) is 11.7 Å². The van der Waals surface area contributed by atoms with Gasteiger partial charge >= 0.3 is 0 Å². The fourth-order valence-corrected chi connectivity index (χ4v) is 5.73. The largest absolute Gasteiger partial charge is 0.271 e. The van der Waals surface area contributed by atoms with Gasteiger partial charge in [-0.1, -0.05) is 51.5 Å². The number of benzene rings is 1. The Hall–Kier alpha value is -0.160. The Labute approximate surface area is 131 Å². The van der Waals surface area contributed by atoms with Gasteiger partial charge in [-0.2, -0.15) is 23.5 Å². The highest BCUT2D eigenvalue weighted by molar-refractivity contribution is 8.07. The van der Waals surface area contributed by atoms with E-state index in [9.17, 15) is 0 Å². The Bertz CT molecular complexity index is 425. The Kier molecular flexibility index (Phi) is 6.27. The molecule has 0 spiro atoms. The quantitative estimate of drug-likeness (QED) is 0.641. The van der Waals surface area contributed by atoms with Gasteiger partial charge in [0.1, 0.15) is 0 Å². The number of hydrogen-bond acceptors (Lipinski definition) is 4. The predicted molar refractivity (Wildman–Crippen MR) is 93.3 cm³/mol. The van der Waals surface area contributed by atoms with Gasteiger partial charge in [0.25, 0.3) is 0 Å². The van der Waals surface area contributed by atoms with Crippen LogP contribution in [0.1, 0.15) is 44.4 Å². The number of aryl methyl sites for hydroxylation is 1. The molecule has 4 heteroatoms. The highest BCUT2D eigenvalue weighted by atomic mass is 32.2. The van der Waals surface area contributed by atoms with Crippen LogP contribution in [-0.2, 0) is 6.42 Å². The smallest absolute Gasteiger partial charge is 0.0586 e. The molecule has 1 fully saturated rings. The summed E-state index contributed by atoms with van der Waals surface area (Å²) in [5, 5.41) is 1.97. The van der Waals surface area contributed by atoms with Gasteiger partial charge in [-0.05, 0) is 17.5 Å². The molecule has 1 saturated heterocycles. The molecule has 1 aliphatic heterocycles. The van der Waals surface area contributed by atoms with Crippen molar-refractivity contribution in [3.63, 3.8) is 0 Å². The van der Waals surface area contributed by atoms with E-state index in [1.165, 1.54) is 23.3 Å². The van der Waals surface area contributed by atoms with Gasteiger partial charge in [-0.25, -0.2) is 0 Å². The van der Waals surface area contributed by atoms with Crippen LogP contribution in [0.4, 0.5) is 0 Å². The maximum absolute atomic E-state index is 5.87. The molecule has 3 N–H and O–H groups in total. The Balaban J connectivity index is 2.13. The summed E-state index contributed by atoms with van der Waals surface area (Å²) < 4.78 is 0. The van der Waals surface area contributed by atoms with E-state index >= 15 is 0 Å². The van der Waals surface area contributed by atoms with Crippen molar-refractivity contribution in [2.45, 2.75) is 55.4 Å². The second-order valence-corrected chi connectivity index (χ2v) is 8.59. The molecule has 0 aliphatic carbocycles. The first-order valence-electron chi connectivity index (χ1n) is 7.47. The molecule has 2 nitrogen and oxygen atoms in total. The Morgan fingerprint density at radius 2 is 2.15 bits per heavy atom. The minimum atomic E-state index is 0.249. The number of nitrogens with one attached hydrogen (secondary N) is 1. The highest BCUT2D eigenvalue weighted by Crippen LogP contribution is 2.40. The van der Waals surface area contributed by atoms with E-state index in [-0.39, 0.29) is 6.04 Å². The van der Waals surface area contributed by atoms with Crippen LogP contribution in [0.15, 0.2) is 24.3 Å². The van der Waals surface area contributed by atoms with Crippen molar-refractivity contribution >= 4 is 23.5 Å². The molecular formula is C16H26N2S2. The zero-order chi connectivity index (χ0) is 14.5. The van der Waals surface area contributed by atoms with Crippen LogP contribution in [0, 0.1) is 0 Å². The van der Waals surface area contributed by atoms with E-state index in [2.05, 4.69) is 74.0 Å². The van der Waals surface area contributed by atoms with Crippen molar-refractivity contribution in [3.05, 3.63) is 35.4 Å². The summed E-state index contributed by atoms with van der Waals surface area (Å²) in [5.74, 6) is 7.04. The third kappa shape index (κ3) is 3.94. The molecule has 0 saturated carbocycles. The first-order chi connectivity index (χ1) is 9.65. The van der Waals surface area contributed by atoms with Crippen molar-refractivity contribution in [1.82, 2.24) is 5.43 Å². The molecule has 0 radical (unpaired) electrons. The predicted octanol–water partition coefficient (Wildman–Crippen LogP) is 3.77. The lowest BCUT2D eigenvalue weighted by molar-refractivity contribution is 0.549. The molecule has 112 valence electrons. The van der Waals surface area contributed by atoms with Gasteiger partial charge in [-0.3, -0.25) is 11.3 Å². The summed E-state index contributed by atoms with van der Waals surface area (Å²) in [5.41, 5.74) is 5.81. The van der Waals surface area contributed by atoms with Gasteiger partial charge in [0.05, 0.1) is 6.04 Å². The van der Waals surface area contributed by atoms with Crippen molar-refractivity contribution in [2.75, 3.05) is 5.75 Å². The SMILES string of the molecule is CCCc1cccc(C(NN)C2CSC(C)C(C)S2)c1. The lowest BCUT2D eigenvalue weighted by Crippen LogP contribution is -2.40. The van der Waals surface area contributed by atoms with Crippen molar-refractivity contribution in [2.24, 2.45) is 5.84 Å². The van der Waals surface area contributed by atoms with Crippen molar-refractivity contribution < 1.29 is 0 Å². The van der Waals surface area contributed by atoms with Crippen LogP contribution in [0.2, 0.25) is 0 Å². The molecule has 1 aliphatic rings. The molecule has 2 rings (SSSR count). The Morgan fingerprint density at radius 3 is 2.80 bits per heavy atom. The second kappa shape index (κ2) is 7.74. The summed E-state index contributed by atoms with van der Waals surface area (Å²) in [7, 11) is 0. The highest BCUT2D eigenvalue weighted by Gasteiger charge is 2.31. The standard InChI is InChI=1S/C16H26N2S2/c1-4-6-13-7-5-8-14(9-13)16(18-17)15-10-19-11(2)12(3)20-15/h5,7-9,11-12,15-16,18H,4,6,10,17H2,1-3H3. The van der Waals surface area contributed by atoms with E-state index in [1.807, 2.05) is 0 Å². The van der Waals surface area contributed by atoms with Crippen molar-refractivity contribution in [3.8, 4) is 0 Å². The van der Waals surface area contributed by atoms with E-state index < -0.39 is 0 Å². The molecule has 1 aromatic carbocycles.